The van der Waals surface area contributed by atoms with Crippen LogP contribution < -0.4 is 9.80 Å². The van der Waals surface area contributed by atoms with Crippen LogP contribution in [0.5, 0.6) is 0 Å². The minimum atomic E-state index is -0.0881. The van der Waals surface area contributed by atoms with Gasteiger partial charge in [0.2, 0.25) is 0 Å². The highest BCUT2D eigenvalue weighted by Crippen LogP contribution is 2.53. The van der Waals surface area contributed by atoms with Crippen LogP contribution in [0.15, 0.2) is 219 Å². The smallest absolute Gasteiger partial charge is 0.137 e. The molecular weight excluding hydrogens is 703 g/mol. The fraction of sp³-hybridized carbons (Fsp3) is 0.0364. The molecule has 274 valence electrons. The monoisotopic (exact) mass is 741 g/mol. The molecule has 1 unspecified atom stereocenters. The van der Waals surface area contributed by atoms with Gasteiger partial charge in [0.05, 0.1) is 11.7 Å². The second kappa shape index (κ2) is 14.2. The Morgan fingerprint density at radius 2 is 1.16 bits per heavy atom. The second-order valence-electron chi connectivity index (χ2n) is 15.0. The van der Waals surface area contributed by atoms with Gasteiger partial charge >= 0.3 is 0 Å². The Morgan fingerprint density at radius 3 is 1.88 bits per heavy atom. The summed E-state index contributed by atoms with van der Waals surface area (Å²) >= 11 is 0. The summed E-state index contributed by atoms with van der Waals surface area (Å²) in [6.07, 6.45) is 7.72. The van der Waals surface area contributed by atoms with Crippen molar-refractivity contribution in [2.24, 2.45) is 0 Å². The molecule has 0 saturated carbocycles. The number of hydrogen-bond acceptors (Lipinski definition) is 3. The molecule has 1 atom stereocenters. The number of aromatic nitrogens is 1. The first-order chi connectivity index (χ1) is 28.8. The Bertz CT molecular complexity index is 2970. The summed E-state index contributed by atoms with van der Waals surface area (Å²) < 4.78 is 0. The zero-order valence-corrected chi connectivity index (χ0v) is 31.9. The molecule has 8 aromatic carbocycles. The minimum absolute atomic E-state index is 0.0881. The van der Waals surface area contributed by atoms with E-state index in [1.807, 2.05) is 12.3 Å². The van der Waals surface area contributed by atoms with Crippen molar-refractivity contribution in [1.29, 1.82) is 0 Å². The summed E-state index contributed by atoms with van der Waals surface area (Å²) in [6.45, 7) is 0. The van der Waals surface area contributed by atoms with Crippen LogP contribution in [0.2, 0.25) is 0 Å². The van der Waals surface area contributed by atoms with Crippen molar-refractivity contribution in [3.05, 3.63) is 241 Å². The van der Waals surface area contributed by atoms with E-state index < -0.39 is 0 Å². The highest BCUT2D eigenvalue weighted by Gasteiger charge is 2.36. The zero-order chi connectivity index (χ0) is 38.4. The predicted octanol–water partition coefficient (Wildman–Crippen LogP) is 14.1. The molecule has 58 heavy (non-hydrogen) atoms. The number of rotatable bonds is 8. The van der Waals surface area contributed by atoms with Crippen molar-refractivity contribution in [2.75, 3.05) is 9.80 Å². The lowest BCUT2D eigenvalue weighted by Crippen LogP contribution is -2.34. The highest BCUT2D eigenvalue weighted by molar-refractivity contribution is 6.14. The first-order valence-electron chi connectivity index (χ1n) is 20.1. The number of benzene rings is 8. The molecule has 0 spiro atoms. The predicted molar refractivity (Wildman–Crippen MR) is 243 cm³/mol. The van der Waals surface area contributed by atoms with Gasteiger partial charge in [0.25, 0.3) is 0 Å². The maximum atomic E-state index is 4.95. The summed E-state index contributed by atoms with van der Waals surface area (Å²) in [5, 5.41) is 4.97. The first-order valence-corrected chi connectivity index (χ1v) is 20.1. The third-order valence-electron chi connectivity index (χ3n) is 11.8. The lowest BCUT2D eigenvalue weighted by molar-refractivity contribution is 0.947. The number of anilines is 5. The van der Waals surface area contributed by atoms with Crippen molar-refractivity contribution in [1.82, 2.24) is 4.98 Å². The molecule has 0 radical (unpaired) electrons. The molecule has 2 aliphatic carbocycles. The number of fused-ring (bicyclic) bond motifs is 1. The van der Waals surface area contributed by atoms with Gasteiger partial charge in [0, 0.05) is 28.6 Å². The van der Waals surface area contributed by atoms with Gasteiger partial charge < -0.3 is 4.90 Å². The Balaban J connectivity index is 1.23. The van der Waals surface area contributed by atoms with Crippen LogP contribution in [-0.4, -0.2) is 11.0 Å². The van der Waals surface area contributed by atoms with Crippen molar-refractivity contribution in [3.8, 4) is 11.1 Å². The molecule has 9 aromatic rings. The number of pyridine rings is 1. The normalized spacial score (nSPS) is 14.2. The standard InChI is InChI=1S/C55H39N3/c1-5-18-39(19-6-1)49-36-51(57(42-23-9-3-10-24-42)44-29-28-38-17-13-14-22-41(38)35-44)47-32-30-46-50(40-20-7-2-8-21-40)37-52(48-33-31-45(49)54(47)55(46)48)58(43-25-11-4-12-26-43)53-27-15-16-34-56-53/h1-29,31-37,51H,30H2. The summed E-state index contributed by atoms with van der Waals surface area (Å²) in [5.74, 6) is 0.876. The maximum Gasteiger partial charge on any atom is 0.137 e. The van der Waals surface area contributed by atoms with Crippen molar-refractivity contribution >= 4 is 61.3 Å². The van der Waals surface area contributed by atoms with E-state index >= 15 is 0 Å². The van der Waals surface area contributed by atoms with Crippen molar-refractivity contribution in [3.63, 3.8) is 0 Å². The number of hydrogen-bond donors (Lipinski definition) is 0. The zero-order valence-electron chi connectivity index (χ0n) is 31.9. The van der Waals surface area contributed by atoms with Gasteiger partial charge in [-0.15, -0.1) is 0 Å². The molecule has 2 aliphatic rings. The van der Waals surface area contributed by atoms with E-state index in [1.54, 1.807) is 0 Å². The molecule has 0 amide bonds. The van der Waals surface area contributed by atoms with Gasteiger partial charge in [-0.3, -0.25) is 4.90 Å². The summed E-state index contributed by atoms with van der Waals surface area (Å²) in [6, 6.07) is 72.2. The van der Waals surface area contributed by atoms with Gasteiger partial charge in [0.15, 0.2) is 0 Å². The molecule has 1 heterocycles. The Hall–Kier alpha value is -7.49. The Kier molecular flexibility index (Phi) is 8.29. The van der Waals surface area contributed by atoms with E-state index in [-0.39, 0.29) is 6.04 Å². The van der Waals surface area contributed by atoms with Gasteiger partial charge in [-0.25, -0.2) is 4.98 Å². The van der Waals surface area contributed by atoms with Gasteiger partial charge in [-0.2, -0.15) is 0 Å². The lowest BCUT2D eigenvalue weighted by atomic mass is 9.73. The molecule has 0 fully saturated rings. The second-order valence-corrected chi connectivity index (χ2v) is 15.0. The summed E-state index contributed by atoms with van der Waals surface area (Å²) in [4.78, 5) is 9.83. The van der Waals surface area contributed by atoms with Gasteiger partial charge in [-0.05, 0) is 128 Å². The van der Waals surface area contributed by atoms with Crippen molar-refractivity contribution < 1.29 is 0 Å². The molecule has 3 nitrogen and oxygen atoms in total. The summed E-state index contributed by atoms with van der Waals surface area (Å²) in [5.41, 5.74) is 14.6. The van der Waals surface area contributed by atoms with Crippen LogP contribution in [0.1, 0.15) is 22.3 Å². The largest absolute Gasteiger partial charge is 0.330 e. The average molecular weight is 742 g/mol. The van der Waals surface area contributed by atoms with Gasteiger partial charge in [-0.1, -0.05) is 152 Å². The minimum Gasteiger partial charge on any atom is -0.330 e. The quantitative estimate of drug-likeness (QED) is 0.155. The van der Waals surface area contributed by atoms with Crippen LogP contribution in [0.3, 0.4) is 0 Å². The number of allylic oxidation sites excluding steroid dienone is 1. The molecule has 0 aliphatic heterocycles. The van der Waals surface area contributed by atoms with E-state index in [0.29, 0.717) is 0 Å². The summed E-state index contributed by atoms with van der Waals surface area (Å²) in [7, 11) is 0. The van der Waals surface area contributed by atoms with Crippen molar-refractivity contribution in [2.45, 2.75) is 12.5 Å². The van der Waals surface area contributed by atoms with Crippen LogP contribution in [-0.2, 0) is 6.42 Å². The molecule has 1 aromatic heterocycles. The Labute approximate surface area is 339 Å². The molecule has 0 saturated heterocycles. The maximum absolute atomic E-state index is 4.95. The lowest BCUT2D eigenvalue weighted by Gasteiger charge is -2.40. The number of para-hydroxylation sites is 2. The van der Waals surface area contributed by atoms with E-state index in [0.717, 1.165) is 35.0 Å². The van der Waals surface area contributed by atoms with Gasteiger partial charge in [0.1, 0.15) is 5.82 Å². The topological polar surface area (TPSA) is 19.4 Å². The molecule has 0 bridgehead atoms. The van der Waals surface area contributed by atoms with E-state index in [2.05, 4.69) is 216 Å². The number of nitrogens with zero attached hydrogens (tertiary/aromatic N) is 3. The van der Waals surface area contributed by atoms with E-state index in [1.165, 1.54) is 66.1 Å². The van der Waals surface area contributed by atoms with Crippen LogP contribution in [0.25, 0.3) is 43.8 Å². The third kappa shape index (κ3) is 5.71. The first kappa shape index (κ1) is 33.8. The third-order valence-corrected chi connectivity index (χ3v) is 11.8. The fourth-order valence-electron chi connectivity index (χ4n) is 9.21. The molecular formula is C55H39N3. The Morgan fingerprint density at radius 1 is 0.500 bits per heavy atom. The van der Waals surface area contributed by atoms with E-state index in [9.17, 15) is 0 Å². The fourth-order valence-corrected chi connectivity index (χ4v) is 9.21. The van der Waals surface area contributed by atoms with Crippen LogP contribution in [0.4, 0.5) is 28.6 Å². The van der Waals surface area contributed by atoms with E-state index in [4.69, 9.17) is 4.98 Å². The molecule has 11 rings (SSSR count). The molecule has 0 N–H and O–H groups in total. The SMILES string of the molecule is C1=C(c2ccccc2)c2ccc3c(N(c4ccccc4)c4ccccn4)cc(-c4ccccc4)c4c3c2C(=CC4)C1N(c1ccccc1)c1ccc2ccccc2c1. The van der Waals surface area contributed by atoms with Crippen LogP contribution in [0, 0.1) is 0 Å². The highest BCUT2D eigenvalue weighted by atomic mass is 15.2. The molecule has 3 heteroatoms. The van der Waals surface area contributed by atoms with Crippen LogP contribution >= 0.6 is 0 Å². The average Bonchev–Trinajstić information content (AvgIpc) is 3.30.